The van der Waals surface area contributed by atoms with Gasteiger partial charge < -0.3 is 4.43 Å². The van der Waals surface area contributed by atoms with Crippen molar-refractivity contribution in [2.75, 3.05) is 0 Å². The van der Waals surface area contributed by atoms with Gasteiger partial charge in [0.25, 0.3) is 5.97 Å². The molecular weight excluding hydrogens is 143 g/mol. The van der Waals surface area contributed by atoms with Gasteiger partial charge in [0, 0.05) is 6.92 Å². The van der Waals surface area contributed by atoms with E-state index in [0.717, 1.165) is 0 Å². The summed E-state index contributed by atoms with van der Waals surface area (Å²) in [7, 11) is -1.57. The van der Waals surface area contributed by atoms with Crippen LogP contribution in [0.25, 0.3) is 0 Å². The number of rotatable bonds is 1. The van der Waals surface area contributed by atoms with E-state index in [4.69, 9.17) is 4.43 Å². The van der Waals surface area contributed by atoms with Crippen LogP contribution in [0.15, 0.2) is 0 Å². The van der Waals surface area contributed by atoms with Gasteiger partial charge in [0.1, 0.15) is 0 Å². The monoisotopic (exact) mass is 156 g/mol. The number of hydrogen-bond donors (Lipinski definition) is 0. The second-order valence-electron chi connectivity index (χ2n) is 2.71. The Morgan fingerprint density at radius 2 is 1.67 bits per heavy atom. The van der Waals surface area contributed by atoms with Crippen LogP contribution >= 0.6 is 0 Å². The zero-order valence-corrected chi connectivity index (χ0v) is 6.82. The van der Waals surface area contributed by atoms with Crippen LogP contribution in [-0.4, -0.2) is 43.8 Å². The van der Waals surface area contributed by atoms with E-state index in [1.54, 1.807) is 0 Å². The van der Waals surface area contributed by atoms with Crippen molar-refractivity contribution in [3.8, 4) is 0 Å². The van der Waals surface area contributed by atoms with Gasteiger partial charge in [-0.2, -0.15) is 0 Å². The number of carbonyl (C=O) groups is 1. The van der Waals surface area contributed by atoms with Crippen molar-refractivity contribution in [3.63, 3.8) is 0 Å². The Bertz CT molecular complexity index is 97.6. The van der Waals surface area contributed by atoms with Crippen LogP contribution in [0.4, 0.5) is 0 Å². The van der Waals surface area contributed by atoms with Crippen LogP contribution in [0.5, 0.6) is 0 Å². The molecule has 0 aliphatic rings. The summed E-state index contributed by atoms with van der Waals surface area (Å²) in [5, 5.41) is 0. The summed E-state index contributed by atoms with van der Waals surface area (Å²) in [5.41, 5.74) is 0. The van der Waals surface area contributed by atoms with E-state index in [9.17, 15) is 4.79 Å². The Morgan fingerprint density at radius 3 is 1.67 bits per heavy atom. The summed E-state index contributed by atoms with van der Waals surface area (Å²) in [6, 6.07) is 0. The summed E-state index contributed by atoms with van der Waals surface area (Å²) in [4.78, 5) is 10.3. The number of carbonyl (C=O) groups excluding carboxylic acids is 1. The molecule has 0 rings (SSSR count). The third kappa shape index (κ3) is 12.0. The molecule has 0 saturated carbocycles. The average molecular weight is 156 g/mol. The van der Waals surface area contributed by atoms with Gasteiger partial charge in [-0.3, -0.25) is 4.79 Å². The normalized spacial score (nSPS) is 9.78. The minimum atomic E-state index is -1.57. The Balaban J connectivity index is 0. The standard InChI is InChI=1S/C5H12O2Si.Na.H/c1-5(6)7-8(2,3)4;;/h1-4H3;;. The molecule has 0 saturated heterocycles. The zero-order chi connectivity index (χ0) is 6.78. The molecule has 0 aliphatic carbocycles. The first-order valence-electron chi connectivity index (χ1n) is 2.61. The van der Waals surface area contributed by atoms with Gasteiger partial charge in [-0.25, -0.2) is 0 Å². The van der Waals surface area contributed by atoms with Crippen LogP contribution < -0.4 is 0 Å². The van der Waals surface area contributed by atoms with Crippen molar-refractivity contribution < 1.29 is 9.22 Å². The average Bonchev–Trinajstić information content (AvgIpc) is 1.21. The molecule has 0 atom stereocenters. The maximum absolute atomic E-state index is 10.3. The molecule has 2 nitrogen and oxygen atoms in total. The van der Waals surface area contributed by atoms with E-state index in [-0.39, 0.29) is 35.5 Å². The fourth-order valence-electron chi connectivity index (χ4n) is 0.431. The topological polar surface area (TPSA) is 26.3 Å². The first-order valence-corrected chi connectivity index (χ1v) is 6.02. The molecule has 0 spiro atoms. The van der Waals surface area contributed by atoms with Crippen LogP contribution in [0.3, 0.4) is 0 Å². The van der Waals surface area contributed by atoms with Crippen LogP contribution in [-0.2, 0) is 9.22 Å². The van der Waals surface area contributed by atoms with Crippen LogP contribution in [0.2, 0.25) is 19.6 Å². The summed E-state index contributed by atoms with van der Waals surface area (Å²) in [5.74, 6) is -0.163. The molecule has 4 heteroatoms. The molecule has 0 N–H and O–H groups in total. The fourth-order valence-corrected chi connectivity index (χ4v) is 1.29. The van der Waals surface area contributed by atoms with Gasteiger partial charge in [0.2, 0.25) is 8.32 Å². The van der Waals surface area contributed by atoms with Gasteiger partial charge in [0.15, 0.2) is 0 Å². The molecular formula is C5H13NaO2Si. The van der Waals surface area contributed by atoms with Crippen molar-refractivity contribution in [2.24, 2.45) is 0 Å². The van der Waals surface area contributed by atoms with E-state index in [2.05, 4.69) is 0 Å². The fraction of sp³-hybridized carbons (Fsp3) is 0.800. The third-order valence-electron chi connectivity index (χ3n) is 0.450. The van der Waals surface area contributed by atoms with Gasteiger partial charge in [-0.15, -0.1) is 0 Å². The summed E-state index contributed by atoms with van der Waals surface area (Å²) < 4.78 is 4.94. The van der Waals surface area contributed by atoms with Crippen LogP contribution in [0, 0.1) is 0 Å². The van der Waals surface area contributed by atoms with E-state index in [1.807, 2.05) is 19.6 Å². The predicted molar refractivity (Wildman–Crippen MR) is 42.3 cm³/mol. The predicted octanol–water partition coefficient (Wildman–Crippen LogP) is 0.736. The van der Waals surface area contributed by atoms with Gasteiger partial charge >= 0.3 is 29.6 Å². The first kappa shape index (κ1) is 12.4. The van der Waals surface area contributed by atoms with E-state index in [1.165, 1.54) is 6.92 Å². The maximum atomic E-state index is 10.3. The summed E-state index contributed by atoms with van der Waals surface area (Å²) in [6.07, 6.45) is 0. The molecule has 0 heterocycles. The molecule has 0 aromatic rings. The first-order chi connectivity index (χ1) is 3.42. The Kier molecular flexibility index (Phi) is 6.18. The van der Waals surface area contributed by atoms with Crippen LogP contribution in [0.1, 0.15) is 6.92 Å². The van der Waals surface area contributed by atoms with Gasteiger partial charge in [0.05, 0.1) is 0 Å². The third-order valence-corrected chi connectivity index (χ3v) is 1.35. The summed E-state index contributed by atoms with van der Waals surface area (Å²) >= 11 is 0. The molecule has 0 radical (unpaired) electrons. The molecule has 9 heavy (non-hydrogen) atoms. The van der Waals surface area contributed by atoms with E-state index < -0.39 is 8.32 Å². The molecule has 50 valence electrons. The van der Waals surface area contributed by atoms with E-state index in [0.29, 0.717) is 0 Å². The van der Waals surface area contributed by atoms with Gasteiger partial charge in [-0.1, -0.05) is 0 Å². The minimum absolute atomic E-state index is 0. The van der Waals surface area contributed by atoms with Crippen molar-refractivity contribution in [1.82, 2.24) is 0 Å². The zero-order valence-electron chi connectivity index (χ0n) is 5.82. The Hall–Kier alpha value is 0.687. The molecule has 0 aromatic carbocycles. The van der Waals surface area contributed by atoms with E-state index >= 15 is 0 Å². The SMILES string of the molecule is CC(=O)O[Si](C)(C)C.[NaH]. The second-order valence-corrected chi connectivity index (χ2v) is 7.13. The molecule has 0 bridgehead atoms. The molecule has 0 amide bonds. The summed E-state index contributed by atoms with van der Waals surface area (Å²) in [6.45, 7) is 7.38. The van der Waals surface area contributed by atoms with Crippen molar-refractivity contribution in [3.05, 3.63) is 0 Å². The molecule has 0 aliphatic heterocycles. The quantitative estimate of drug-likeness (QED) is 0.523. The van der Waals surface area contributed by atoms with Crippen molar-refractivity contribution in [2.45, 2.75) is 26.6 Å². The van der Waals surface area contributed by atoms with Gasteiger partial charge in [-0.05, 0) is 19.6 Å². The second kappa shape index (κ2) is 4.49. The Morgan fingerprint density at radius 1 is 1.33 bits per heavy atom. The molecule has 0 fully saturated rings. The van der Waals surface area contributed by atoms with Crippen molar-refractivity contribution >= 4 is 43.8 Å². The van der Waals surface area contributed by atoms with Crippen molar-refractivity contribution in [1.29, 1.82) is 0 Å². The Labute approximate surface area is 79.4 Å². The molecule has 0 aromatic heterocycles. The molecule has 0 unspecified atom stereocenters. The number of hydrogen-bond acceptors (Lipinski definition) is 2.